The average molecular weight is 432 g/mol. The third-order valence-electron chi connectivity index (χ3n) is 4.68. The lowest BCUT2D eigenvalue weighted by atomic mass is 10.1. The van der Waals surface area contributed by atoms with E-state index in [4.69, 9.17) is 23.7 Å². The largest absolute Gasteiger partial charge is 0.493 e. The van der Waals surface area contributed by atoms with Crippen molar-refractivity contribution in [1.29, 1.82) is 0 Å². The van der Waals surface area contributed by atoms with E-state index in [0.717, 1.165) is 30.1 Å². The number of methoxy groups -OCH3 is 5. The second-order valence-electron chi connectivity index (χ2n) is 6.55. The van der Waals surface area contributed by atoms with Crippen LogP contribution >= 0.6 is 0 Å². The van der Waals surface area contributed by atoms with Crippen molar-refractivity contribution in [3.05, 3.63) is 41.5 Å². The average Bonchev–Trinajstić information content (AvgIpc) is 2.81. The van der Waals surface area contributed by atoms with Crippen molar-refractivity contribution in [1.82, 2.24) is 10.6 Å². The van der Waals surface area contributed by atoms with Gasteiger partial charge in [0.2, 0.25) is 5.75 Å². The number of rotatable bonds is 11. The first-order valence-corrected chi connectivity index (χ1v) is 10.1. The Morgan fingerprint density at radius 2 is 1.45 bits per heavy atom. The predicted molar refractivity (Wildman–Crippen MR) is 122 cm³/mol. The fourth-order valence-corrected chi connectivity index (χ4v) is 3.17. The Balaban J connectivity index is 2.06. The zero-order valence-electron chi connectivity index (χ0n) is 19.2. The van der Waals surface area contributed by atoms with Gasteiger partial charge in [0, 0.05) is 18.7 Å². The van der Waals surface area contributed by atoms with Gasteiger partial charge in [-0.05, 0) is 37.1 Å². The molecule has 0 saturated heterocycles. The summed E-state index contributed by atoms with van der Waals surface area (Å²) in [5, 5.41) is 6.63. The molecule has 0 aliphatic rings. The minimum absolute atomic E-state index is 0.509. The number of nitrogens with one attached hydrogen (secondary N) is 2. The summed E-state index contributed by atoms with van der Waals surface area (Å²) in [5.74, 6) is 4.03. The molecular formula is C23H33N3O5. The van der Waals surface area contributed by atoms with E-state index < -0.39 is 0 Å². The fraction of sp³-hybridized carbons (Fsp3) is 0.435. The first-order valence-electron chi connectivity index (χ1n) is 10.1. The zero-order chi connectivity index (χ0) is 22.6. The lowest BCUT2D eigenvalue weighted by Crippen LogP contribution is -2.38. The van der Waals surface area contributed by atoms with Gasteiger partial charge in [-0.15, -0.1) is 0 Å². The number of nitrogens with zero attached hydrogens (tertiary/aromatic N) is 1. The van der Waals surface area contributed by atoms with Crippen molar-refractivity contribution in [2.24, 2.45) is 4.99 Å². The number of hydrogen-bond acceptors (Lipinski definition) is 6. The third kappa shape index (κ3) is 6.34. The van der Waals surface area contributed by atoms with Gasteiger partial charge in [0.05, 0.1) is 42.1 Å². The molecule has 0 saturated carbocycles. The van der Waals surface area contributed by atoms with Crippen LogP contribution in [0.2, 0.25) is 0 Å². The van der Waals surface area contributed by atoms with E-state index in [9.17, 15) is 0 Å². The van der Waals surface area contributed by atoms with Gasteiger partial charge in [-0.25, -0.2) is 4.99 Å². The summed E-state index contributed by atoms with van der Waals surface area (Å²) < 4.78 is 27.0. The molecule has 0 atom stereocenters. The van der Waals surface area contributed by atoms with E-state index in [1.54, 1.807) is 35.5 Å². The maximum absolute atomic E-state index is 5.56. The quantitative estimate of drug-likeness (QED) is 0.418. The van der Waals surface area contributed by atoms with Gasteiger partial charge in [0.1, 0.15) is 0 Å². The first kappa shape index (κ1) is 24.0. The molecule has 2 aromatic rings. The zero-order valence-corrected chi connectivity index (χ0v) is 19.2. The SMILES string of the molecule is CCNC(=NCc1ccc(OC)c(OC)c1)NCCc1ccc(OC)c(OC)c1OC. The van der Waals surface area contributed by atoms with Crippen LogP contribution in [0.1, 0.15) is 18.1 Å². The summed E-state index contributed by atoms with van der Waals surface area (Å²) >= 11 is 0. The van der Waals surface area contributed by atoms with Gasteiger partial charge in [0.25, 0.3) is 0 Å². The van der Waals surface area contributed by atoms with E-state index in [1.807, 2.05) is 37.3 Å². The standard InChI is InChI=1S/C23H33N3O5/c1-7-24-23(26-15-16-8-10-18(27-2)20(14-16)29-4)25-13-12-17-9-11-19(28-3)22(31-6)21(17)30-5/h8-11,14H,7,12-13,15H2,1-6H3,(H2,24,25,26). The molecule has 2 aromatic carbocycles. The van der Waals surface area contributed by atoms with Gasteiger partial charge < -0.3 is 34.3 Å². The monoisotopic (exact) mass is 431 g/mol. The molecule has 0 aliphatic heterocycles. The Labute approximate surface area is 184 Å². The molecule has 0 spiro atoms. The highest BCUT2D eigenvalue weighted by Crippen LogP contribution is 2.39. The molecule has 8 heteroatoms. The summed E-state index contributed by atoms with van der Waals surface area (Å²) in [6.45, 7) is 3.97. The summed E-state index contributed by atoms with van der Waals surface area (Å²) in [6.07, 6.45) is 0.726. The molecule has 0 fully saturated rings. The van der Waals surface area contributed by atoms with Crippen LogP contribution < -0.4 is 34.3 Å². The van der Waals surface area contributed by atoms with Crippen LogP contribution in [0.4, 0.5) is 0 Å². The van der Waals surface area contributed by atoms with Crippen molar-refractivity contribution < 1.29 is 23.7 Å². The van der Waals surface area contributed by atoms with Crippen LogP contribution in [0.15, 0.2) is 35.3 Å². The molecule has 170 valence electrons. The highest BCUT2D eigenvalue weighted by molar-refractivity contribution is 5.79. The number of ether oxygens (including phenoxy) is 5. The minimum atomic E-state index is 0.509. The molecule has 2 rings (SSSR count). The maximum atomic E-state index is 5.56. The molecule has 0 amide bonds. The molecule has 0 aliphatic carbocycles. The number of aliphatic imine (C=N–C) groups is 1. The van der Waals surface area contributed by atoms with E-state index >= 15 is 0 Å². The third-order valence-corrected chi connectivity index (χ3v) is 4.68. The van der Waals surface area contributed by atoms with E-state index in [-0.39, 0.29) is 0 Å². The highest BCUT2D eigenvalue weighted by Gasteiger charge is 2.15. The second-order valence-corrected chi connectivity index (χ2v) is 6.55. The minimum Gasteiger partial charge on any atom is -0.493 e. The first-order chi connectivity index (χ1) is 15.1. The molecule has 0 radical (unpaired) electrons. The van der Waals surface area contributed by atoms with Crippen LogP contribution in [0, 0.1) is 0 Å². The van der Waals surface area contributed by atoms with Crippen LogP contribution in [0.25, 0.3) is 0 Å². The molecule has 31 heavy (non-hydrogen) atoms. The Kier molecular flexibility index (Phi) is 9.61. The number of hydrogen-bond donors (Lipinski definition) is 2. The summed E-state index contributed by atoms with van der Waals surface area (Å²) in [4.78, 5) is 4.67. The lowest BCUT2D eigenvalue weighted by molar-refractivity contribution is 0.322. The molecular weight excluding hydrogens is 398 g/mol. The maximum Gasteiger partial charge on any atom is 0.203 e. The van der Waals surface area contributed by atoms with E-state index in [0.29, 0.717) is 41.8 Å². The van der Waals surface area contributed by atoms with Crippen molar-refractivity contribution in [2.45, 2.75) is 19.9 Å². The predicted octanol–water partition coefficient (Wildman–Crippen LogP) is 3.03. The number of benzene rings is 2. The van der Waals surface area contributed by atoms with Crippen LogP contribution in [0.5, 0.6) is 28.7 Å². The lowest BCUT2D eigenvalue weighted by Gasteiger charge is -2.16. The highest BCUT2D eigenvalue weighted by atomic mass is 16.5. The topological polar surface area (TPSA) is 82.6 Å². The van der Waals surface area contributed by atoms with Gasteiger partial charge in [-0.2, -0.15) is 0 Å². The summed E-state index contributed by atoms with van der Waals surface area (Å²) in [5.41, 5.74) is 2.04. The Bertz CT molecular complexity index is 871. The van der Waals surface area contributed by atoms with Crippen molar-refractivity contribution in [3.8, 4) is 28.7 Å². The number of guanidine groups is 1. The summed E-state index contributed by atoms with van der Waals surface area (Å²) in [6, 6.07) is 9.65. The fourth-order valence-electron chi connectivity index (χ4n) is 3.17. The van der Waals surface area contributed by atoms with E-state index in [1.165, 1.54) is 0 Å². The van der Waals surface area contributed by atoms with Gasteiger partial charge in [-0.1, -0.05) is 12.1 Å². The van der Waals surface area contributed by atoms with Crippen molar-refractivity contribution >= 4 is 5.96 Å². The Morgan fingerprint density at radius 1 is 0.774 bits per heavy atom. The van der Waals surface area contributed by atoms with Gasteiger partial charge in [-0.3, -0.25) is 0 Å². The van der Waals surface area contributed by atoms with E-state index in [2.05, 4.69) is 15.6 Å². The Hall–Kier alpha value is -3.29. The van der Waals surface area contributed by atoms with Crippen LogP contribution in [0.3, 0.4) is 0 Å². The van der Waals surface area contributed by atoms with Crippen molar-refractivity contribution in [2.75, 3.05) is 48.6 Å². The molecule has 2 N–H and O–H groups in total. The molecule has 8 nitrogen and oxygen atoms in total. The molecule has 0 aromatic heterocycles. The van der Waals surface area contributed by atoms with Gasteiger partial charge in [0.15, 0.2) is 29.0 Å². The Morgan fingerprint density at radius 3 is 2.06 bits per heavy atom. The normalized spacial score (nSPS) is 11.0. The molecule has 0 bridgehead atoms. The van der Waals surface area contributed by atoms with Gasteiger partial charge >= 0.3 is 0 Å². The molecule has 0 heterocycles. The smallest absolute Gasteiger partial charge is 0.203 e. The van der Waals surface area contributed by atoms with Crippen LogP contribution in [-0.2, 0) is 13.0 Å². The second kappa shape index (κ2) is 12.4. The molecule has 0 unspecified atom stereocenters. The van der Waals surface area contributed by atoms with Crippen molar-refractivity contribution in [3.63, 3.8) is 0 Å². The summed E-state index contributed by atoms with van der Waals surface area (Å²) in [7, 11) is 8.08. The van der Waals surface area contributed by atoms with Crippen LogP contribution in [-0.4, -0.2) is 54.6 Å².